The Labute approximate surface area is 349 Å². The molecular formula is C48H51N5O7. The van der Waals surface area contributed by atoms with E-state index in [-0.39, 0.29) is 37.1 Å². The minimum Gasteiger partial charge on any atom is -0.467 e. The number of imidazole rings is 1. The lowest BCUT2D eigenvalue weighted by molar-refractivity contribution is -0.253. The van der Waals surface area contributed by atoms with Gasteiger partial charge >= 0.3 is 17.7 Å². The van der Waals surface area contributed by atoms with Gasteiger partial charge in [0.25, 0.3) is 0 Å². The van der Waals surface area contributed by atoms with Crippen molar-refractivity contribution in [1.82, 2.24) is 25.1 Å². The number of likely N-dealkylation sites (tertiary alicyclic amines) is 1. The maximum atomic E-state index is 12.9. The zero-order valence-electron chi connectivity index (χ0n) is 33.7. The number of nitrogens with one attached hydrogen (secondary N) is 3. The molecule has 0 spiro atoms. The van der Waals surface area contributed by atoms with Crippen molar-refractivity contribution in [2.75, 3.05) is 26.7 Å². The number of carbonyl (C=O) groups is 2. The van der Waals surface area contributed by atoms with Crippen molar-refractivity contribution in [3.8, 4) is 11.1 Å². The number of aromatic amines is 1. The van der Waals surface area contributed by atoms with Crippen LogP contribution >= 0.6 is 0 Å². The third-order valence-corrected chi connectivity index (χ3v) is 11.6. The van der Waals surface area contributed by atoms with Crippen LogP contribution in [0.4, 0.5) is 4.79 Å². The van der Waals surface area contributed by atoms with Gasteiger partial charge in [-0.15, -0.1) is 0 Å². The highest BCUT2D eigenvalue weighted by molar-refractivity contribution is 5.83. The maximum Gasteiger partial charge on any atom is 0.328 e. The van der Waals surface area contributed by atoms with Crippen LogP contribution in [0.25, 0.3) is 22.2 Å². The Kier molecular flexibility index (Phi) is 12.8. The van der Waals surface area contributed by atoms with E-state index in [9.17, 15) is 19.5 Å². The summed E-state index contributed by atoms with van der Waals surface area (Å²) in [7, 11) is 1.31. The maximum absolute atomic E-state index is 12.9. The van der Waals surface area contributed by atoms with E-state index in [1.54, 1.807) is 0 Å². The van der Waals surface area contributed by atoms with Gasteiger partial charge in [0.1, 0.15) is 6.04 Å². The standard InChI is InChI=1S/C48H51N5O7/c1-58-45(55)42(27-32-8-3-2-4-9-32)50-47(56)49-29-34-10-7-11-38(26-34)35-18-20-37(21-19-35)46-59-40(28-44(60-46)36-16-14-33(31-54)15-17-36)30-52-24-22-39(23-25-52)53-43-13-6-5-12-41(43)51-48(53)57/h2-21,26,39-40,42,44,46,54H,22-25,27-31H2,1H3,(H,51,57)(H2,49,50,56)/t40-,42+,44+,46+/m1/s1. The van der Waals surface area contributed by atoms with E-state index in [1.165, 1.54) is 7.11 Å². The summed E-state index contributed by atoms with van der Waals surface area (Å²) in [6.07, 6.45) is 1.86. The fourth-order valence-electron chi connectivity index (χ4n) is 8.39. The van der Waals surface area contributed by atoms with Crippen LogP contribution in [0, 0.1) is 0 Å². The SMILES string of the molecule is COC(=O)[C@H](Cc1ccccc1)NC(=O)NCc1cccc(-c2ccc([C@H]3O[C@@H](CN4CCC(n5c(=O)[nH]c6ccccc65)CC4)C[C@@H](c4ccc(CO)cc4)O3)cc2)c1. The molecule has 0 radical (unpaired) electrons. The number of methoxy groups -OCH3 is 1. The van der Waals surface area contributed by atoms with Gasteiger partial charge in [-0.05, 0) is 64.4 Å². The predicted octanol–water partition coefficient (Wildman–Crippen LogP) is 6.95. The molecule has 3 heterocycles. The minimum atomic E-state index is -0.820. The molecule has 2 aliphatic heterocycles. The molecule has 310 valence electrons. The predicted molar refractivity (Wildman–Crippen MR) is 229 cm³/mol. The number of aromatic nitrogens is 2. The second-order valence-electron chi connectivity index (χ2n) is 15.6. The lowest BCUT2D eigenvalue weighted by Crippen LogP contribution is -2.47. The molecule has 0 unspecified atom stereocenters. The summed E-state index contributed by atoms with van der Waals surface area (Å²) in [6.45, 7) is 2.70. The third kappa shape index (κ3) is 9.69. The van der Waals surface area contributed by atoms with Crippen LogP contribution in [0.15, 0.2) is 132 Å². The first kappa shape index (κ1) is 40.7. The van der Waals surface area contributed by atoms with Gasteiger partial charge in [0.2, 0.25) is 0 Å². The number of fused-ring (bicyclic) bond motifs is 1. The summed E-state index contributed by atoms with van der Waals surface area (Å²) >= 11 is 0. The van der Waals surface area contributed by atoms with Crippen molar-refractivity contribution in [2.45, 2.75) is 69.4 Å². The summed E-state index contributed by atoms with van der Waals surface area (Å²) in [6, 6.07) is 40.3. The number of urea groups is 1. The van der Waals surface area contributed by atoms with Crippen LogP contribution in [-0.4, -0.2) is 70.4 Å². The number of hydrogen-bond acceptors (Lipinski definition) is 8. The molecule has 2 aliphatic rings. The number of H-pyrrole nitrogens is 1. The Bertz CT molecular complexity index is 2420. The number of esters is 1. The number of aliphatic hydroxyl groups excluding tert-OH is 1. The van der Waals surface area contributed by atoms with Gasteiger partial charge in [0.05, 0.1) is 37.0 Å². The molecule has 4 atom stereocenters. The van der Waals surface area contributed by atoms with Crippen LogP contribution < -0.4 is 16.3 Å². The van der Waals surface area contributed by atoms with Gasteiger partial charge in [-0.25, -0.2) is 14.4 Å². The first-order chi connectivity index (χ1) is 29.3. The summed E-state index contributed by atoms with van der Waals surface area (Å²) in [5, 5.41) is 15.3. The third-order valence-electron chi connectivity index (χ3n) is 11.6. The van der Waals surface area contributed by atoms with Crippen LogP contribution in [-0.2, 0) is 38.6 Å². The summed E-state index contributed by atoms with van der Waals surface area (Å²) in [4.78, 5) is 43.7. The molecule has 6 aromatic rings. The van der Waals surface area contributed by atoms with Crippen LogP contribution in [0.5, 0.6) is 0 Å². The zero-order valence-corrected chi connectivity index (χ0v) is 33.7. The Balaban J connectivity index is 0.914. The second kappa shape index (κ2) is 18.9. The van der Waals surface area contributed by atoms with Crippen LogP contribution in [0.3, 0.4) is 0 Å². The summed E-state index contributed by atoms with van der Waals surface area (Å²) in [5.41, 5.74) is 8.36. The monoisotopic (exact) mass is 809 g/mol. The average molecular weight is 810 g/mol. The van der Waals surface area contributed by atoms with E-state index >= 15 is 0 Å². The highest BCUT2D eigenvalue weighted by atomic mass is 16.7. The van der Waals surface area contributed by atoms with Crippen molar-refractivity contribution < 1.29 is 28.9 Å². The van der Waals surface area contributed by atoms with Crippen molar-refractivity contribution in [3.63, 3.8) is 0 Å². The number of hydrogen-bond donors (Lipinski definition) is 4. The van der Waals surface area contributed by atoms with E-state index in [0.29, 0.717) is 12.8 Å². The van der Waals surface area contributed by atoms with E-state index < -0.39 is 24.3 Å². The van der Waals surface area contributed by atoms with Crippen LogP contribution in [0.2, 0.25) is 0 Å². The number of para-hydroxylation sites is 2. The van der Waals surface area contributed by atoms with Gasteiger partial charge < -0.3 is 39.8 Å². The summed E-state index contributed by atoms with van der Waals surface area (Å²) in [5.74, 6) is -0.510. The van der Waals surface area contributed by atoms with Gasteiger partial charge in [0.15, 0.2) is 6.29 Å². The van der Waals surface area contributed by atoms with Gasteiger partial charge in [-0.1, -0.05) is 109 Å². The van der Waals surface area contributed by atoms with Crippen LogP contribution in [0.1, 0.15) is 65.5 Å². The Morgan fingerprint density at radius 2 is 1.53 bits per heavy atom. The van der Waals surface area contributed by atoms with Crippen molar-refractivity contribution in [3.05, 3.63) is 166 Å². The number of ether oxygens (including phenoxy) is 3. The molecule has 2 fully saturated rings. The molecule has 12 nitrogen and oxygen atoms in total. The Hall–Kier alpha value is -6.05. The molecule has 5 aromatic carbocycles. The topological polar surface area (TPSA) is 147 Å². The smallest absolute Gasteiger partial charge is 0.328 e. The Morgan fingerprint density at radius 1 is 0.817 bits per heavy atom. The molecule has 12 heteroatoms. The number of carbonyl (C=O) groups excluding carboxylic acids is 2. The highest BCUT2D eigenvalue weighted by Crippen LogP contribution is 2.39. The molecular weight excluding hydrogens is 759 g/mol. The molecule has 1 aromatic heterocycles. The number of piperidine rings is 1. The fourth-order valence-corrected chi connectivity index (χ4v) is 8.39. The lowest BCUT2D eigenvalue weighted by Gasteiger charge is -2.40. The molecule has 0 saturated carbocycles. The van der Waals surface area contributed by atoms with E-state index in [0.717, 1.165) is 82.5 Å². The van der Waals surface area contributed by atoms with E-state index in [1.807, 2.05) is 120 Å². The quantitative estimate of drug-likeness (QED) is 0.0917. The molecule has 0 aliphatic carbocycles. The summed E-state index contributed by atoms with van der Waals surface area (Å²) < 4.78 is 20.2. The Morgan fingerprint density at radius 3 is 2.28 bits per heavy atom. The molecule has 2 saturated heterocycles. The minimum absolute atomic E-state index is 0.0193. The normalized spacial score (nSPS) is 19.1. The van der Waals surface area contributed by atoms with Gasteiger partial charge in [0, 0.05) is 50.6 Å². The molecule has 4 N–H and O–H groups in total. The number of nitrogens with zero attached hydrogens (tertiary/aromatic N) is 2. The van der Waals surface area contributed by atoms with Crippen molar-refractivity contribution in [2.24, 2.45) is 0 Å². The van der Waals surface area contributed by atoms with Crippen molar-refractivity contribution in [1.29, 1.82) is 0 Å². The van der Waals surface area contributed by atoms with E-state index in [4.69, 9.17) is 14.2 Å². The van der Waals surface area contributed by atoms with Gasteiger partial charge in [-0.3, -0.25) is 4.57 Å². The lowest BCUT2D eigenvalue weighted by atomic mass is 9.98. The number of benzene rings is 5. The number of aliphatic hydroxyl groups is 1. The highest BCUT2D eigenvalue weighted by Gasteiger charge is 2.34. The molecule has 2 amide bonds. The van der Waals surface area contributed by atoms with Crippen molar-refractivity contribution >= 4 is 23.0 Å². The van der Waals surface area contributed by atoms with Gasteiger partial charge in [-0.2, -0.15) is 0 Å². The van der Waals surface area contributed by atoms with E-state index in [2.05, 4.69) is 32.7 Å². The first-order valence-electron chi connectivity index (χ1n) is 20.6. The average Bonchev–Trinajstić information content (AvgIpc) is 3.64. The number of amides is 2. The molecule has 0 bridgehead atoms. The zero-order chi connectivity index (χ0) is 41.4. The first-order valence-corrected chi connectivity index (χ1v) is 20.6. The fraction of sp³-hybridized carbons (Fsp3) is 0.312. The molecule has 60 heavy (non-hydrogen) atoms. The largest absolute Gasteiger partial charge is 0.467 e. The second-order valence-corrected chi connectivity index (χ2v) is 15.6. The number of rotatable bonds is 13. The molecule has 8 rings (SSSR count).